The van der Waals surface area contributed by atoms with Crippen LogP contribution in [0.4, 0.5) is 5.69 Å². The highest BCUT2D eigenvalue weighted by atomic mass is 79.9. The lowest BCUT2D eigenvalue weighted by molar-refractivity contribution is 0.581. The quantitative estimate of drug-likeness (QED) is 0.361. The smallest absolute Gasteiger partial charge is 0.240 e. The first-order chi connectivity index (χ1) is 14.3. The van der Waals surface area contributed by atoms with E-state index in [4.69, 9.17) is 12.2 Å². The SMILES string of the molecule is O=S(=O)(NCc1ccc(Br)c(Br)c1)c1ccc(NC(=S)NCc2ccncc2)cc1. The van der Waals surface area contributed by atoms with Crippen LogP contribution in [0.25, 0.3) is 0 Å². The monoisotopic (exact) mass is 568 g/mol. The van der Waals surface area contributed by atoms with Crippen molar-refractivity contribution < 1.29 is 8.42 Å². The molecule has 0 atom stereocenters. The summed E-state index contributed by atoms with van der Waals surface area (Å²) in [6, 6.07) is 15.8. The molecule has 1 aromatic heterocycles. The number of pyridine rings is 1. The zero-order chi connectivity index (χ0) is 21.6. The number of nitrogens with one attached hydrogen (secondary N) is 3. The second-order valence-corrected chi connectivity index (χ2v) is 10.1. The first-order valence-electron chi connectivity index (χ1n) is 8.81. The molecule has 0 fully saturated rings. The lowest BCUT2D eigenvalue weighted by atomic mass is 10.2. The standard InChI is InChI=1S/C20H18Br2N4O2S2/c21-18-6-1-15(11-19(18)22)13-25-30(27,28)17-4-2-16(3-5-17)26-20(29)24-12-14-7-9-23-10-8-14/h1-11,25H,12-13H2,(H2,24,26,29). The fraction of sp³-hybridized carbons (Fsp3) is 0.100. The highest BCUT2D eigenvalue weighted by Crippen LogP contribution is 2.24. The lowest BCUT2D eigenvalue weighted by Crippen LogP contribution is -2.28. The van der Waals surface area contributed by atoms with Crippen molar-refractivity contribution in [2.75, 3.05) is 5.32 Å². The molecule has 156 valence electrons. The number of rotatable bonds is 7. The lowest BCUT2D eigenvalue weighted by Gasteiger charge is -2.12. The second kappa shape index (κ2) is 10.5. The highest BCUT2D eigenvalue weighted by molar-refractivity contribution is 9.13. The Bertz CT molecular complexity index is 1130. The van der Waals surface area contributed by atoms with Crippen LogP contribution < -0.4 is 15.4 Å². The van der Waals surface area contributed by atoms with Gasteiger partial charge in [-0.25, -0.2) is 13.1 Å². The van der Waals surface area contributed by atoms with Crippen LogP contribution in [0.1, 0.15) is 11.1 Å². The number of anilines is 1. The van der Waals surface area contributed by atoms with E-state index >= 15 is 0 Å². The van der Waals surface area contributed by atoms with Gasteiger partial charge in [-0.3, -0.25) is 4.98 Å². The van der Waals surface area contributed by atoms with E-state index in [1.165, 1.54) is 12.1 Å². The van der Waals surface area contributed by atoms with E-state index in [1.807, 2.05) is 30.3 Å². The van der Waals surface area contributed by atoms with Gasteiger partial charge < -0.3 is 10.6 Å². The fourth-order valence-electron chi connectivity index (χ4n) is 2.49. The minimum absolute atomic E-state index is 0.180. The predicted octanol–water partition coefficient (Wildman–Crippen LogP) is 4.57. The Labute approximate surface area is 197 Å². The zero-order valence-corrected chi connectivity index (χ0v) is 20.4. The van der Waals surface area contributed by atoms with E-state index in [2.05, 4.69) is 52.2 Å². The summed E-state index contributed by atoms with van der Waals surface area (Å²) in [5, 5.41) is 6.58. The third-order valence-electron chi connectivity index (χ3n) is 4.08. The number of hydrogen-bond donors (Lipinski definition) is 3. The second-order valence-electron chi connectivity index (χ2n) is 6.26. The molecule has 0 bridgehead atoms. The van der Waals surface area contributed by atoms with Crippen LogP contribution >= 0.6 is 44.1 Å². The Morgan fingerprint density at radius 2 is 1.60 bits per heavy atom. The van der Waals surface area contributed by atoms with Gasteiger partial charge in [0.15, 0.2) is 5.11 Å². The molecule has 0 amide bonds. The molecule has 0 aliphatic heterocycles. The maximum atomic E-state index is 12.6. The molecule has 2 aromatic carbocycles. The van der Waals surface area contributed by atoms with Crippen molar-refractivity contribution in [1.82, 2.24) is 15.0 Å². The van der Waals surface area contributed by atoms with Crippen molar-refractivity contribution in [2.24, 2.45) is 0 Å². The molecule has 0 aliphatic rings. The third-order valence-corrected chi connectivity index (χ3v) is 7.62. The van der Waals surface area contributed by atoms with Gasteiger partial charge >= 0.3 is 0 Å². The normalized spacial score (nSPS) is 11.1. The number of hydrogen-bond acceptors (Lipinski definition) is 4. The van der Waals surface area contributed by atoms with Gasteiger partial charge in [0.2, 0.25) is 10.0 Å². The molecule has 6 nitrogen and oxygen atoms in total. The van der Waals surface area contributed by atoms with Gasteiger partial charge in [0.1, 0.15) is 0 Å². The minimum Gasteiger partial charge on any atom is -0.358 e. The van der Waals surface area contributed by atoms with Crippen molar-refractivity contribution in [3.8, 4) is 0 Å². The average Bonchev–Trinajstić information content (AvgIpc) is 2.74. The molecule has 3 N–H and O–H groups in total. The number of sulfonamides is 1. The molecule has 10 heteroatoms. The average molecular weight is 570 g/mol. The number of nitrogens with zero attached hydrogens (tertiary/aromatic N) is 1. The van der Waals surface area contributed by atoms with E-state index in [0.717, 1.165) is 20.1 Å². The summed E-state index contributed by atoms with van der Waals surface area (Å²) in [7, 11) is -3.63. The Balaban J connectivity index is 1.55. The Morgan fingerprint density at radius 1 is 0.900 bits per heavy atom. The molecule has 3 aromatic rings. The molecule has 3 rings (SSSR count). The number of benzene rings is 2. The van der Waals surface area contributed by atoms with Gasteiger partial charge in [-0.1, -0.05) is 6.07 Å². The van der Waals surface area contributed by atoms with Crippen LogP contribution in [0.2, 0.25) is 0 Å². The molecule has 0 unspecified atom stereocenters. The van der Waals surface area contributed by atoms with Crippen LogP contribution in [-0.2, 0) is 23.1 Å². The van der Waals surface area contributed by atoms with Crippen molar-refractivity contribution >= 4 is 64.9 Å². The Kier molecular flexibility index (Phi) is 7.95. The summed E-state index contributed by atoms with van der Waals surface area (Å²) in [6.07, 6.45) is 3.44. The summed E-state index contributed by atoms with van der Waals surface area (Å²) in [4.78, 5) is 4.15. The first kappa shape index (κ1) is 22.8. The van der Waals surface area contributed by atoms with Crippen molar-refractivity contribution in [2.45, 2.75) is 18.0 Å². The van der Waals surface area contributed by atoms with Gasteiger partial charge in [0.25, 0.3) is 0 Å². The van der Waals surface area contributed by atoms with Gasteiger partial charge in [0.05, 0.1) is 4.90 Å². The summed E-state index contributed by atoms with van der Waals surface area (Å²) in [6.45, 7) is 0.758. The largest absolute Gasteiger partial charge is 0.358 e. The van der Waals surface area contributed by atoms with Crippen LogP contribution in [-0.4, -0.2) is 18.5 Å². The molecule has 0 saturated heterocycles. The van der Waals surface area contributed by atoms with Crippen LogP contribution in [0, 0.1) is 0 Å². The minimum atomic E-state index is -3.63. The van der Waals surface area contributed by atoms with E-state index in [1.54, 1.807) is 24.5 Å². The van der Waals surface area contributed by atoms with E-state index in [-0.39, 0.29) is 11.4 Å². The van der Waals surface area contributed by atoms with Crippen molar-refractivity contribution in [3.63, 3.8) is 0 Å². The van der Waals surface area contributed by atoms with E-state index < -0.39 is 10.0 Å². The zero-order valence-electron chi connectivity index (χ0n) is 15.6. The molecular weight excluding hydrogens is 552 g/mol. The third kappa shape index (κ3) is 6.58. The number of halogens is 2. The molecule has 30 heavy (non-hydrogen) atoms. The topological polar surface area (TPSA) is 83.1 Å². The number of aromatic nitrogens is 1. The summed E-state index contributed by atoms with van der Waals surface area (Å²) in [5.41, 5.74) is 2.59. The predicted molar refractivity (Wildman–Crippen MR) is 130 cm³/mol. The fourth-order valence-corrected chi connectivity index (χ4v) is 4.37. The van der Waals surface area contributed by atoms with Gasteiger partial charge in [-0.05, 0) is 104 Å². The summed E-state index contributed by atoms with van der Waals surface area (Å²) < 4.78 is 29.5. The summed E-state index contributed by atoms with van der Waals surface area (Å²) >= 11 is 12.1. The van der Waals surface area contributed by atoms with Crippen LogP contribution in [0.3, 0.4) is 0 Å². The van der Waals surface area contributed by atoms with Crippen LogP contribution in [0.5, 0.6) is 0 Å². The van der Waals surface area contributed by atoms with Gasteiger partial charge in [-0.15, -0.1) is 0 Å². The first-order valence-corrected chi connectivity index (χ1v) is 12.3. The molecule has 0 aliphatic carbocycles. The van der Waals surface area contributed by atoms with Crippen LogP contribution in [0.15, 0.2) is 80.8 Å². The maximum absolute atomic E-state index is 12.6. The highest BCUT2D eigenvalue weighted by Gasteiger charge is 2.14. The van der Waals surface area contributed by atoms with E-state index in [0.29, 0.717) is 17.3 Å². The molecule has 0 saturated carbocycles. The summed E-state index contributed by atoms with van der Waals surface area (Å²) in [5.74, 6) is 0. The van der Waals surface area contributed by atoms with E-state index in [9.17, 15) is 8.42 Å². The maximum Gasteiger partial charge on any atom is 0.240 e. The Hall–Kier alpha value is -1.85. The van der Waals surface area contributed by atoms with Gasteiger partial charge in [-0.2, -0.15) is 0 Å². The molecule has 0 spiro atoms. The molecule has 1 heterocycles. The number of thiocarbonyl (C=S) groups is 1. The van der Waals surface area contributed by atoms with Crippen molar-refractivity contribution in [3.05, 3.63) is 87.1 Å². The van der Waals surface area contributed by atoms with Crippen molar-refractivity contribution in [1.29, 1.82) is 0 Å². The molecular formula is C20H18Br2N4O2S2. The Morgan fingerprint density at radius 3 is 2.27 bits per heavy atom. The van der Waals surface area contributed by atoms with Gasteiger partial charge in [0, 0.05) is 40.1 Å². The molecule has 0 radical (unpaired) electrons.